The van der Waals surface area contributed by atoms with Gasteiger partial charge in [-0.25, -0.2) is 0 Å². The number of nitrogens with one attached hydrogen (secondary N) is 1. The van der Waals surface area contributed by atoms with E-state index in [-0.39, 0.29) is 12.1 Å². The molecule has 4 fully saturated rings. The number of aliphatic hydroxyl groups is 1. The van der Waals surface area contributed by atoms with Crippen LogP contribution in [0.1, 0.15) is 32.1 Å². The summed E-state index contributed by atoms with van der Waals surface area (Å²) >= 11 is 0. The average molecular weight is 287 g/mol. The molecule has 4 saturated carbocycles. The molecule has 1 aromatic rings. The highest BCUT2D eigenvalue weighted by Gasteiger charge is 2.56. The monoisotopic (exact) mass is 287 g/mol. The Kier molecular flexibility index (Phi) is 3.14. The van der Waals surface area contributed by atoms with Gasteiger partial charge in [-0.1, -0.05) is 0 Å². The predicted molar refractivity (Wildman–Crippen MR) is 83.5 cm³/mol. The summed E-state index contributed by atoms with van der Waals surface area (Å²) in [5.74, 6) is 4.00. The minimum atomic E-state index is -0.0952. The zero-order chi connectivity index (χ0) is 14.4. The number of hydrogen-bond donors (Lipinski definition) is 2. The highest BCUT2D eigenvalue weighted by atomic mass is 16.5. The fraction of sp³-hybridized carbons (Fsp3) is 0.667. The Hall–Kier alpha value is -1.22. The number of methoxy groups -OCH3 is 1. The van der Waals surface area contributed by atoms with Crippen molar-refractivity contribution >= 4 is 5.69 Å². The lowest BCUT2D eigenvalue weighted by atomic mass is 9.48. The lowest BCUT2D eigenvalue weighted by Crippen LogP contribution is -2.63. The molecule has 0 aromatic heterocycles. The molecule has 0 aliphatic heterocycles. The minimum Gasteiger partial charge on any atom is -0.497 e. The first-order chi connectivity index (χ1) is 10.2. The molecule has 0 spiro atoms. The molecule has 2 N–H and O–H groups in total. The molecule has 4 aliphatic rings. The first-order valence-electron chi connectivity index (χ1n) is 8.26. The van der Waals surface area contributed by atoms with Gasteiger partial charge in [0.05, 0.1) is 19.3 Å². The summed E-state index contributed by atoms with van der Waals surface area (Å²) in [7, 11) is 1.69. The summed E-state index contributed by atoms with van der Waals surface area (Å²) in [5.41, 5.74) is 1.01. The van der Waals surface area contributed by atoms with Crippen molar-refractivity contribution in [1.29, 1.82) is 0 Å². The van der Waals surface area contributed by atoms with Gasteiger partial charge in [0.2, 0.25) is 0 Å². The Morgan fingerprint density at radius 3 is 2.10 bits per heavy atom. The summed E-state index contributed by atoms with van der Waals surface area (Å²) in [4.78, 5) is 0. The maximum Gasteiger partial charge on any atom is 0.119 e. The van der Waals surface area contributed by atoms with Crippen LogP contribution in [0.15, 0.2) is 24.3 Å². The van der Waals surface area contributed by atoms with Crippen molar-refractivity contribution in [3.63, 3.8) is 0 Å². The maximum absolute atomic E-state index is 10.2. The van der Waals surface area contributed by atoms with Crippen molar-refractivity contribution in [3.8, 4) is 5.75 Å². The van der Waals surface area contributed by atoms with E-state index in [2.05, 4.69) is 17.4 Å². The van der Waals surface area contributed by atoms with Crippen LogP contribution < -0.4 is 10.1 Å². The molecular formula is C18H25NO2. The Bertz CT molecular complexity index is 482. The summed E-state index contributed by atoms with van der Waals surface area (Å²) in [6.07, 6.45) is 6.65. The van der Waals surface area contributed by atoms with Crippen LogP contribution in [-0.4, -0.2) is 24.4 Å². The van der Waals surface area contributed by atoms with E-state index in [1.165, 1.54) is 32.1 Å². The number of hydrogen-bond acceptors (Lipinski definition) is 3. The minimum absolute atomic E-state index is 0.0952. The first kappa shape index (κ1) is 13.4. The topological polar surface area (TPSA) is 41.5 Å². The molecule has 0 amide bonds. The molecule has 0 heterocycles. The van der Waals surface area contributed by atoms with Crippen LogP contribution in [0, 0.1) is 23.7 Å². The van der Waals surface area contributed by atoms with Crippen LogP contribution in [0.4, 0.5) is 5.69 Å². The SMILES string of the molecule is COc1ccc(NC2(CO)C3CC4CC(C3)CC2C4)cc1. The standard InChI is InChI=1S/C18H25NO2/c1-21-17-4-2-16(3-5-17)19-18(11-20)14-7-12-6-13(9-14)10-15(18)8-12/h2-5,12-15,19-20H,6-11H2,1H3. The van der Waals surface area contributed by atoms with Crippen molar-refractivity contribution in [3.05, 3.63) is 24.3 Å². The van der Waals surface area contributed by atoms with E-state index in [0.717, 1.165) is 23.3 Å². The lowest BCUT2D eigenvalue weighted by Gasteiger charge is -2.61. The van der Waals surface area contributed by atoms with Gasteiger partial charge in [-0.05, 0) is 80.0 Å². The van der Waals surface area contributed by atoms with Crippen molar-refractivity contribution in [2.24, 2.45) is 23.7 Å². The van der Waals surface area contributed by atoms with Gasteiger partial charge in [0.15, 0.2) is 0 Å². The number of anilines is 1. The van der Waals surface area contributed by atoms with E-state index in [9.17, 15) is 5.11 Å². The van der Waals surface area contributed by atoms with Crippen LogP contribution in [-0.2, 0) is 0 Å². The average Bonchev–Trinajstić information content (AvgIpc) is 2.51. The van der Waals surface area contributed by atoms with Gasteiger partial charge in [-0.3, -0.25) is 0 Å². The van der Waals surface area contributed by atoms with E-state index in [4.69, 9.17) is 4.74 Å². The molecule has 4 aliphatic carbocycles. The number of aliphatic hydroxyl groups excluding tert-OH is 1. The molecule has 4 bridgehead atoms. The van der Waals surface area contributed by atoms with Gasteiger partial charge in [-0.15, -0.1) is 0 Å². The van der Waals surface area contributed by atoms with Gasteiger partial charge in [0.1, 0.15) is 5.75 Å². The summed E-state index contributed by atoms with van der Waals surface area (Å²) in [6, 6.07) is 8.12. The van der Waals surface area contributed by atoms with Gasteiger partial charge in [0.25, 0.3) is 0 Å². The zero-order valence-corrected chi connectivity index (χ0v) is 12.7. The third-order valence-corrected chi connectivity index (χ3v) is 6.32. The molecular weight excluding hydrogens is 262 g/mol. The molecule has 0 radical (unpaired) electrons. The van der Waals surface area contributed by atoms with Crippen LogP contribution in [0.2, 0.25) is 0 Å². The summed E-state index contributed by atoms with van der Waals surface area (Å²) < 4.78 is 5.23. The van der Waals surface area contributed by atoms with E-state index in [1.807, 2.05) is 12.1 Å². The van der Waals surface area contributed by atoms with Crippen molar-refractivity contribution in [1.82, 2.24) is 0 Å². The molecule has 1 aromatic carbocycles. The van der Waals surface area contributed by atoms with Crippen molar-refractivity contribution < 1.29 is 9.84 Å². The fourth-order valence-corrected chi connectivity index (χ4v) is 5.47. The zero-order valence-electron chi connectivity index (χ0n) is 12.7. The molecule has 3 nitrogen and oxygen atoms in total. The van der Waals surface area contributed by atoms with Gasteiger partial charge in [-0.2, -0.15) is 0 Å². The first-order valence-corrected chi connectivity index (χ1v) is 8.26. The molecule has 5 rings (SSSR count). The normalized spacial score (nSPS) is 40.3. The molecule has 0 atom stereocenters. The predicted octanol–water partition coefficient (Wildman–Crippen LogP) is 3.29. The van der Waals surface area contributed by atoms with E-state index >= 15 is 0 Å². The number of ether oxygens (including phenoxy) is 1. The van der Waals surface area contributed by atoms with Crippen molar-refractivity contribution in [2.45, 2.75) is 37.6 Å². The maximum atomic E-state index is 10.2. The second kappa shape index (κ2) is 4.91. The van der Waals surface area contributed by atoms with Crippen LogP contribution in [0.3, 0.4) is 0 Å². The van der Waals surface area contributed by atoms with Crippen LogP contribution in [0.5, 0.6) is 5.75 Å². The molecule has 114 valence electrons. The van der Waals surface area contributed by atoms with Gasteiger partial charge in [0, 0.05) is 5.69 Å². The Balaban J connectivity index is 1.61. The highest BCUT2D eigenvalue weighted by molar-refractivity contribution is 5.49. The second-order valence-corrected chi connectivity index (χ2v) is 7.36. The molecule has 0 unspecified atom stereocenters. The third kappa shape index (κ3) is 2.05. The lowest BCUT2D eigenvalue weighted by molar-refractivity contribution is -0.0655. The third-order valence-electron chi connectivity index (χ3n) is 6.32. The smallest absolute Gasteiger partial charge is 0.119 e. The van der Waals surface area contributed by atoms with Gasteiger partial charge >= 0.3 is 0 Å². The molecule has 21 heavy (non-hydrogen) atoms. The molecule has 3 heteroatoms. The molecule has 0 saturated heterocycles. The Morgan fingerprint density at radius 1 is 1.05 bits per heavy atom. The van der Waals surface area contributed by atoms with Crippen LogP contribution in [0.25, 0.3) is 0 Å². The number of benzene rings is 1. The summed E-state index contributed by atoms with van der Waals surface area (Å²) in [6.45, 7) is 0.258. The quantitative estimate of drug-likeness (QED) is 0.893. The highest BCUT2D eigenvalue weighted by Crippen LogP contribution is 2.59. The van der Waals surface area contributed by atoms with Crippen LogP contribution >= 0.6 is 0 Å². The fourth-order valence-electron chi connectivity index (χ4n) is 5.47. The van der Waals surface area contributed by atoms with E-state index in [1.54, 1.807) is 7.11 Å². The Labute approximate surface area is 126 Å². The number of rotatable bonds is 4. The Morgan fingerprint density at radius 2 is 1.62 bits per heavy atom. The van der Waals surface area contributed by atoms with Gasteiger partial charge < -0.3 is 15.2 Å². The van der Waals surface area contributed by atoms with E-state index < -0.39 is 0 Å². The second-order valence-electron chi connectivity index (χ2n) is 7.36. The van der Waals surface area contributed by atoms with Crippen molar-refractivity contribution in [2.75, 3.05) is 19.0 Å². The van der Waals surface area contributed by atoms with E-state index in [0.29, 0.717) is 11.8 Å². The summed E-state index contributed by atoms with van der Waals surface area (Å²) in [5, 5.41) is 14.0. The largest absolute Gasteiger partial charge is 0.497 e.